The number of benzene rings is 1. The second-order valence-electron chi connectivity index (χ2n) is 3.61. The van der Waals surface area contributed by atoms with Crippen LogP contribution in [0.25, 0.3) is 11.3 Å². The van der Waals surface area contributed by atoms with Crippen LogP contribution in [-0.2, 0) is 15.7 Å². The molecule has 0 aliphatic heterocycles. The number of alkyl halides is 1. The first kappa shape index (κ1) is 12.1. The molecule has 0 fully saturated rings. The number of halogens is 1. The quantitative estimate of drug-likeness (QED) is 0.805. The van der Waals surface area contributed by atoms with Crippen LogP contribution in [0.3, 0.4) is 0 Å². The third-order valence-corrected chi connectivity index (χ3v) is 3.67. The predicted octanol–water partition coefficient (Wildman–Crippen LogP) is 2.48. The molecular weight excluding hydrogens is 262 g/mol. The number of rotatable bonds is 3. The van der Waals surface area contributed by atoms with Crippen molar-refractivity contribution >= 4 is 21.4 Å². The first-order valence-corrected chi connectivity index (χ1v) is 7.25. The number of nitrogens with zero attached hydrogens (tertiary/aromatic N) is 1. The Labute approximate surface area is 104 Å². The van der Waals surface area contributed by atoms with E-state index in [1.165, 1.54) is 18.4 Å². The van der Waals surface area contributed by atoms with Crippen molar-refractivity contribution in [3.63, 3.8) is 0 Å². The summed E-state index contributed by atoms with van der Waals surface area (Å²) in [6, 6.07) is 8.15. The van der Waals surface area contributed by atoms with Crippen molar-refractivity contribution in [1.29, 1.82) is 0 Å². The minimum absolute atomic E-state index is 0.276. The smallest absolute Gasteiger partial charge is 0.175 e. The Balaban J connectivity index is 2.35. The Morgan fingerprint density at radius 3 is 2.41 bits per heavy atom. The topological polar surface area (TPSA) is 60.2 Å². The average molecular weight is 272 g/mol. The second kappa shape index (κ2) is 4.50. The summed E-state index contributed by atoms with van der Waals surface area (Å²) in [4.78, 5) is 0.276. The molecule has 1 aromatic heterocycles. The van der Waals surface area contributed by atoms with Gasteiger partial charge in [0.15, 0.2) is 15.6 Å². The molecule has 6 heteroatoms. The first-order valence-electron chi connectivity index (χ1n) is 4.83. The van der Waals surface area contributed by atoms with Gasteiger partial charge in [0.25, 0.3) is 0 Å². The fourth-order valence-electron chi connectivity index (χ4n) is 1.38. The second-order valence-corrected chi connectivity index (χ2v) is 5.90. The lowest BCUT2D eigenvalue weighted by atomic mass is 10.2. The number of aromatic nitrogens is 1. The van der Waals surface area contributed by atoms with Crippen molar-refractivity contribution in [2.75, 3.05) is 6.26 Å². The molecule has 0 aliphatic carbocycles. The third-order valence-electron chi connectivity index (χ3n) is 2.26. The molecule has 2 rings (SSSR count). The van der Waals surface area contributed by atoms with E-state index in [2.05, 4.69) is 5.16 Å². The molecule has 17 heavy (non-hydrogen) atoms. The monoisotopic (exact) mass is 271 g/mol. The fourth-order valence-corrected chi connectivity index (χ4v) is 2.13. The molecule has 0 saturated carbocycles. The minimum Gasteiger partial charge on any atom is -0.356 e. The lowest BCUT2D eigenvalue weighted by molar-refractivity contribution is 0.426. The zero-order chi connectivity index (χ0) is 12.5. The van der Waals surface area contributed by atoms with E-state index in [1.54, 1.807) is 18.2 Å². The van der Waals surface area contributed by atoms with Gasteiger partial charge in [0.05, 0.1) is 16.5 Å². The lowest BCUT2D eigenvalue weighted by Crippen LogP contribution is -1.95. The van der Waals surface area contributed by atoms with Crippen LogP contribution in [-0.4, -0.2) is 19.8 Å². The molecule has 0 bridgehead atoms. The molecule has 1 aromatic carbocycles. The summed E-state index contributed by atoms with van der Waals surface area (Å²) < 4.78 is 27.6. The zero-order valence-corrected chi connectivity index (χ0v) is 10.6. The van der Waals surface area contributed by atoms with Gasteiger partial charge < -0.3 is 4.52 Å². The SMILES string of the molecule is CS(=O)(=O)c1ccc(-c2cc(CCl)no2)cc1. The molecule has 0 aliphatic rings. The largest absolute Gasteiger partial charge is 0.356 e. The van der Waals surface area contributed by atoms with Crippen molar-refractivity contribution in [1.82, 2.24) is 5.16 Å². The molecule has 0 radical (unpaired) electrons. The number of hydrogen-bond acceptors (Lipinski definition) is 4. The summed E-state index contributed by atoms with van der Waals surface area (Å²) in [5.41, 5.74) is 1.41. The van der Waals surface area contributed by atoms with Gasteiger partial charge in [-0.2, -0.15) is 0 Å². The summed E-state index contributed by atoms with van der Waals surface area (Å²) in [6.07, 6.45) is 1.17. The Hall–Kier alpha value is -1.33. The molecule has 0 amide bonds. The van der Waals surface area contributed by atoms with Crippen LogP contribution >= 0.6 is 11.6 Å². The zero-order valence-electron chi connectivity index (χ0n) is 9.05. The maximum atomic E-state index is 11.3. The van der Waals surface area contributed by atoms with Gasteiger partial charge in [0.2, 0.25) is 0 Å². The van der Waals surface area contributed by atoms with Gasteiger partial charge in [-0.1, -0.05) is 5.16 Å². The Bertz CT molecular complexity index is 616. The summed E-state index contributed by atoms with van der Waals surface area (Å²) in [7, 11) is -3.17. The van der Waals surface area contributed by atoms with Crippen molar-refractivity contribution in [2.24, 2.45) is 0 Å². The van der Waals surface area contributed by atoms with Crippen molar-refractivity contribution in [3.8, 4) is 11.3 Å². The summed E-state index contributed by atoms with van der Waals surface area (Å²) >= 11 is 5.61. The van der Waals surface area contributed by atoms with Gasteiger partial charge in [0, 0.05) is 17.9 Å². The third kappa shape index (κ3) is 2.68. The van der Waals surface area contributed by atoms with Gasteiger partial charge in [-0.3, -0.25) is 0 Å². The summed E-state index contributed by atoms with van der Waals surface area (Å²) in [5, 5.41) is 3.76. The molecule has 0 spiro atoms. The Morgan fingerprint density at radius 2 is 1.94 bits per heavy atom. The summed E-state index contributed by atoms with van der Waals surface area (Å²) in [6.45, 7) is 0. The van der Waals surface area contributed by atoms with Crippen LogP contribution in [0.5, 0.6) is 0 Å². The average Bonchev–Trinajstić information content (AvgIpc) is 2.76. The molecule has 90 valence electrons. The fraction of sp³-hybridized carbons (Fsp3) is 0.182. The van der Waals surface area contributed by atoms with Crippen LogP contribution in [0.4, 0.5) is 0 Å². The molecular formula is C11H10ClNO3S. The van der Waals surface area contributed by atoms with Crippen LogP contribution in [0.1, 0.15) is 5.69 Å². The first-order chi connectivity index (χ1) is 8.00. The van der Waals surface area contributed by atoms with Crippen molar-refractivity contribution < 1.29 is 12.9 Å². The molecule has 0 unspecified atom stereocenters. The highest BCUT2D eigenvalue weighted by atomic mass is 35.5. The van der Waals surface area contributed by atoms with E-state index in [9.17, 15) is 8.42 Å². The van der Waals surface area contributed by atoms with Gasteiger partial charge >= 0.3 is 0 Å². The summed E-state index contributed by atoms with van der Waals surface area (Å²) in [5.74, 6) is 0.853. The van der Waals surface area contributed by atoms with Gasteiger partial charge in [0.1, 0.15) is 0 Å². The van der Waals surface area contributed by atoms with Crippen LogP contribution < -0.4 is 0 Å². The molecule has 0 atom stereocenters. The number of sulfone groups is 1. The van der Waals surface area contributed by atoms with Gasteiger partial charge in [-0.15, -0.1) is 11.6 Å². The van der Waals surface area contributed by atoms with Crippen LogP contribution in [0, 0.1) is 0 Å². The maximum Gasteiger partial charge on any atom is 0.175 e. The lowest BCUT2D eigenvalue weighted by Gasteiger charge is -1.99. The molecule has 4 nitrogen and oxygen atoms in total. The van der Waals surface area contributed by atoms with E-state index in [0.29, 0.717) is 11.5 Å². The highest BCUT2D eigenvalue weighted by molar-refractivity contribution is 7.90. The van der Waals surface area contributed by atoms with E-state index in [0.717, 1.165) is 5.56 Å². The molecule has 2 aromatic rings. The van der Waals surface area contributed by atoms with Gasteiger partial charge in [-0.25, -0.2) is 8.42 Å². The van der Waals surface area contributed by atoms with Crippen molar-refractivity contribution in [3.05, 3.63) is 36.0 Å². The van der Waals surface area contributed by atoms with E-state index in [-0.39, 0.29) is 10.8 Å². The minimum atomic E-state index is -3.17. The van der Waals surface area contributed by atoms with E-state index in [1.807, 2.05) is 0 Å². The van der Waals surface area contributed by atoms with E-state index < -0.39 is 9.84 Å². The highest BCUT2D eigenvalue weighted by Gasteiger charge is 2.09. The van der Waals surface area contributed by atoms with Crippen molar-refractivity contribution in [2.45, 2.75) is 10.8 Å². The Morgan fingerprint density at radius 1 is 1.29 bits per heavy atom. The standard InChI is InChI=1S/C11H10ClNO3S/c1-17(14,15)10-4-2-8(3-5-10)11-6-9(7-12)13-16-11/h2-6H,7H2,1H3. The Kier molecular flexibility index (Phi) is 3.22. The van der Waals surface area contributed by atoms with Crippen LogP contribution in [0.15, 0.2) is 39.8 Å². The highest BCUT2D eigenvalue weighted by Crippen LogP contribution is 2.22. The van der Waals surface area contributed by atoms with Crippen LogP contribution in [0.2, 0.25) is 0 Å². The predicted molar refractivity (Wildman–Crippen MR) is 64.6 cm³/mol. The van der Waals surface area contributed by atoms with Gasteiger partial charge in [-0.05, 0) is 24.3 Å². The molecule has 0 saturated heterocycles. The molecule has 0 N–H and O–H groups in total. The number of hydrogen-bond donors (Lipinski definition) is 0. The maximum absolute atomic E-state index is 11.3. The normalized spacial score (nSPS) is 11.6. The molecule has 1 heterocycles. The van der Waals surface area contributed by atoms with E-state index in [4.69, 9.17) is 16.1 Å². The van der Waals surface area contributed by atoms with E-state index >= 15 is 0 Å².